The standard InChI is InChI=1S/C14H20N2O2S/c1-11(10-19(2,17)18)15-8-7-12-9-16-14-6-4-3-5-13(12)14/h3-6,9,11,15-16H,7-8,10H2,1-2H3/t11-/m1/s1. The second-order valence-corrected chi connectivity index (χ2v) is 7.24. The van der Waals surface area contributed by atoms with Crippen molar-refractivity contribution < 1.29 is 8.42 Å². The topological polar surface area (TPSA) is 62.0 Å². The van der Waals surface area contributed by atoms with Gasteiger partial charge in [0, 0.05) is 29.4 Å². The van der Waals surface area contributed by atoms with Crippen LogP contribution in [-0.4, -0.2) is 38.0 Å². The molecule has 0 saturated carbocycles. The van der Waals surface area contributed by atoms with Crippen molar-refractivity contribution in [3.05, 3.63) is 36.0 Å². The molecule has 0 aliphatic carbocycles. The summed E-state index contributed by atoms with van der Waals surface area (Å²) in [7, 11) is -2.91. The molecular weight excluding hydrogens is 260 g/mol. The number of H-pyrrole nitrogens is 1. The van der Waals surface area contributed by atoms with E-state index in [0.29, 0.717) is 0 Å². The summed E-state index contributed by atoms with van der Waals surface area (Å²) >= 11 is 0. The summed E-state index contributed by atoms with van der Waals surface area (Å²) in [6.07, 6.45) is 4.18. The van der Waals surface area contributed by atoms with Crippen molar-refractivity contribution >= 4 is 20.7 Å². The first kappa shape index (κ1) is 14.1. The van der Waals surface area contributed by atoms with Crippen molar-refractivity contribution in [1.29, 1.82) is 0 Å². The molecule has 2 aromatic rings. The highest BCUT2D eigenvalue weighted by Crippen LogP contribution is 2.17. The molecule has 0 unspecified atom stereocenters. The number of benzene rings is 1. The Hall–Kier alpha value is -1.33. The van der Waals surface area contributed by atoms with E-state index < -0.39 is 9.84 Å². The normalized spacial score (nSPS) is 13.8. The number of hydrogen-bond acceptors (Lipinski definition) is 3. The van der Waals surface area contributed by atoms with Crippen LogP contribution in [-0.2, 0) is 16.3 Å². The van der Waals surface area contributed by atoms with Crippen LogP contribution >= 0.6 is 0 Å². The van der Waals surface area contributed by atoms with Crippen molar-refractivity contribution in [2.75, 3.05) is 18.6 Å². The fourth-order valence-electron chi connectivity index (χ4n) is 2.30. The Balaban J connectivity index is 1.89. The predicted molar refractivity (Wildman–Crippen MR) is 79.2 cm³/mol. The van der Waals surface area contributed by atoms with Gasteiger partial charge >= 0.3 is 0 Å². The van der Waals surface area contributed by atoms with E-state index in [4.69, 9.17) is 0 Å². The minimum atomic E-state index is -2.91. The minimum Gasteiger partial charge on any atom is -0.361 e. The molecule has 0 bridgehead atoms. The van der Waals surface area contributed by atoms with Crippen LogP contribution in [0.25, 0.3) is 10.9 Å². The van der Waals surface area contributed by atoms with Crippen LogP contribution in [0.15, 0.2) is 30.5 Å². The van der Waals surface area contributed by atoms with Gasteiger partial charge in [0.25, 0.3) is 0 Å². The Bertz CT molecular complexity index is 646. The average Bonchev–Trinajstić information content (AvgIpc) is 2.70. The third-order valence-corrected chi connectivity index (χ3v) is 4.22. The van der Waals surface area contributed by atoms with E-state index in [1.165, 1.54) is 17.2 Å². The molecule has 0 amide bonds. The summed E-state index contributed by atoms with van der Waals surface area (Å²) in [4.78, 5) is 3.24. The van der Waals surface area contributed by atoms with E-state index in [-0.39, 0.29) is 11.8 Å². The molecule has 1 aromatic heterocycles. The maximum Gasteiger partial charge on any atom is 0.148 e. The fourth-order valence-corrected chi connectivity index (χ4v) is 3.33. The average molecular weight is 280 g/mol. The SMILES string of the molecule is C[C@H](CS(C)(=O)=O)NCCc1c[nH]c2ccccc12. The highest BCUT2D eigenvalue weighted by molar-refractivity contribution is 7.90. The number of fused-ring (bicyclic) bond motifs is 1. The molecule has 0 radical (unpaired) electrons. The molecule has 5 heteroatoms. The van der Waals surface area contributed by atoms with E-state index in [1.54, 1.807) is 0 Å². The summed E-state index contributed by atoms with van der Waals surface area (Å²) in [5, 5.41) is 4.49. The Morgan fingerprint density at radius 2 is 2.05 bits per heavy atom. The van der Waals surface area contributed by atoms with Crippen LogP contribution in [0.2, 0.25) is 0 Å². The number of rotatable bonds is 6. The molecule has 0 aliphatic heterocycles. The Labute approximate surface area is 114 Å². The van der Waals surface area contributed by atoms with Gasteiger partial charge in [0.05, 0.1) is 5.75 Å². The van der Waals surface area contributed by atoms with Gasteiger partial charge in [-0.15, -0.1) is 0 Å². The Morgan fingerprint density at radius 1 is 1.32 bits per heavy atom. The zero-order chi connectivity index (χ0) is 13.9. The first-order chi connectivity index (χ1) is 8.96. The highest BCUT2D eigenvalue weighted by atomic mass is 32.2. The van der Waals surface area contributed by atoms with Gasteiger partial charge in [0.2, 0.25) is 0 Å². The molecule has 0 saturated heterocycles. The van der Waals surface area contributed by atoms with E-state index in [1.807, 2.05) is 25.3 Å². The summed E-state index contributed by atoms with van der Waals surface area (Å²) in [6.45, 7) is 2.68. The Kier molecular flexibility index (Phi) is 4.27. The quantitative estimate of drug-likeness (QED) is 0.847. The molecule has 19 heavy (non-hydrogen) atoms. The van der Waals surface area contributed by atoms with Crippen molar-refractivity contribution in [3.8, 4) is 0 Å². The first-order valence-electron chi connectivity index (χ1n) is 6.42. The van der Waals surface area contributed by atoms with Gasteiger partial charge in [0.15, 0.2) is 0 Å². The van der Waals surface area contributed by atoms with E-state index in [9.17, 15) is 8.42 Å². The van der Waals surface area contributed by atoms with Gasteiger partial charge in [-0.3, -0.25) is 0 Å². The van der Waals surface area contributed by atoms with Crippen molar-refractivity contribution in [1.82, 2.24) is 10.3 Å². The van der Waals surface area contributed by atoms with Crippen LogP contribution in [0.1, 0.15) is 12.5 Å². The smallest absolute Gasteiger partial charge is 0.148 e. The van der Waals surface area contributed by atoms with Gasteiger partial charge in [-0.1, -0.05) is 18.2 Å². The summed E-state index contributed by atoms with van der Waals surface area (Å²) in [6, 6.07) is 8.17. The van der Waals surface area contributed by atoms with Crippen LogP contribution in [0.4, 0.5) is 0 Å². The van der Waals surface area contributed by atoms with E-state index in [0.717, 1.165) is 18.5 Å². The molecule has 0 aliphatic rings. The van der Waals surface area contributed by atoms with Gasteiger partial charge in [0.1, 0.15) is 9.84 Å². The van der Waals surface area contributed by atoms with Crippen LogP contribution < -0.4 is 5.32 Å². The Morgan fingerprint density at radius 3 is 2.79 bits per heavy atom. The molecule has 2 N–H and O–H groups in total. The van der Waals surface area contributed by atoms with Gasteiger partial charge in [-0.2, -0.15) is 0 Å². The number of hydrogen-bond donors (Lipinski definition) is 2. The predicted octanol–water partition coefficient (Wildman–Crippen LogP) is 1.73. The number of sulfone groups is 1. The summed E-state index contributed by atoms with van der Waals surface area (Å²) in [5.41, 5.74) is 2.40. The first-order valence-corrected chi connectivity index (χ1v) is 8.48. The largest absolute Gasteiger partial charge is 0.361 e. The van der Waals surface area contributed by atoms with Gasteiger partial charge < -0.3 is 10.3 Å². The second-order valence-electron chi connectivity index (χ2n) is 5.06. The van der Waals surface area contributed by atoms with Crippen LogP contribution in [0.5, 0.6) is 0 Å². The maximum absolute atomic E-state index is 11.2. The van der Waals surface area contributed by atoms with Crippen LogP contribution in [0, 0.1) is 0 Å². The summed E-state index contributed by atoms with van der Waals surface area (Å²) in [5.74, 6) is 0.181. The molecular formula is C14H20N2O2S. The minimum absolute atomic E-state index is 0.0137. The molecule has 104 valence electrons. The second kappa shape index (κ2) is 5.75. The number of aromatic nitrogens is 1. The number of para-hydroxylation sites is 1. The van der Waals surface area contributed by atoms with Crippen molar-refractivity contribution in [2.45, 2.75) is 19.4 Å². The summed E-state index contributed by atoms with van der Waals surface area (Å²) < 4.78 is 22.3. The molecule has 1 aromatic carbocycles. The fraction of sp³-hybridized carbons (Fsp3) is 0.429. The van der Waals surface area contributed by atoms with Gasteiger partial charge in [-0.05, 0) is 31.5 Å². The molecule has 2 rings (SSSR count). The maximum atomic E-state index is 11.2. The van der Waals surface area contributed by atoms with Crippen molar-refractivity contribution in [2.24, 2.45) is 0 Å². The van der Waals surface area contributed by atoms with E-state index in [2.05, 4.69) is 22.4 Å². The number of nitrogens with one attached hydrogen (secondary N) is 2. The lowest BCUT2D eigenvalue weighted by Gasteiger charge is -2.12. The molecule has 1 atom stereocenters. The molecule has 1 heterocycles. The van der Waals surface area contributed by atoms with E-state index >= 15 is 0 Å². The van der Waals surface area contributed by atoms with Crippen molar-refractivity contribution in [3.63, 3.8) is 0 Å². The third kappa shape index (κ3) is 4.08. The molecule has 4 nitrogen and oxygen atoms in total. The third-order valence-electron chi connectivity index (χ3n) is 3.11. The van der Waals surface area contributed by atoms with Gasteiger partial charge in [-0.25, -0.2) is 8.42 Å². The lowest BCUT2D eigenvalue weighted by Crippen LogP contribution is -2.34. The van der Waals surface area contributed by atoms with Crippen LogP contribution in [0.3, 0.4) is 0 Å². The lowest BCUT2D eigenvalue weighted by atomic mass is 10.1. The lowest BCUT2D eigenvalue weighted by molar-refractivity contribution is 0.562. The number of aromatic amines is 1. The molecule has 0 spiro atoms. The zero-order valence-electron chi connectivity index (χ0n) is 11.3. The molecule has 0 fully saturated rings. The zero-order valence-corrected chi connectivity index (χ0v) is 12.1. The highest BCUT2D eigenvalue weighted by Gasteiger charge is 2.10. The monoisotopic (exact) mass is 280 g/mol.